The Morgan fingerprint density at radius 2 is 1.96 bits per heavy atom. The average molecular weight is 370 g/mol. The molecule has 0 unspecified atom stereocenters. The van der Waals surface area contributed by atoms with Gasteiger partial charge in [0.1, 0.15) is 6.10 Å². The number of likely N-dealkylation sites (tertiary alicyclic amines) is 1. The second-order valence-corrected chi connectivity index (χ2v) is 8.33. The van der Waals surface area contributed by atoms with Crippen LogP contribution >= 0.6 is 0 Å². The number of carbonyl (C=O) groups is 2. The molecule has 2 amide bonds. The molecular formula is C22H30N2O3. The molecule has 1 saturated carbocycles. The summed E-state index contributed by atoms with van der Waals surface area (Å²) in [6, 6.07) is 10.4. The van der Waals surface area contributed by atoms with Crippen LogP contribution in [0.15, 0.2) is 30.3 Å². The second-order valence-electron chi connectivity index (χ2n) is 8.33. The topological polar surface area (TPSA) is 58.6 Å². The highest BCUT2D eigenvalue weighted by Crippen LogP contribution is 2.59. The third-order valence-corrected chi connectivity index (χ3v) is 6.57. The van der Waals surface area contributed by atoms with E-state index < -0.39 is 0 Å². The maximum absolute atomic E-state index is 12.5. The molecule has 1 aliphatic carbocycles. The van der Waals surface area contributed by atoms with Crippen LogP contribution in [-0.4, -0.2) is 49.1 Å². The van der Waals surface area contributed by atoms with Gasteiger partial charge in [0, 0.05) is 32.2 Å². The summed E-state index contributed by atoms with van der Waals surface area (Å²) in [5.41, 5.74) is 1.47. The average Bonchev–Trinajstić information content (AvgIpc) is 3.14. The van der Waals surface area contributed by atoms with E-state index in [1.807, 2.05) is 11.0 Å². The number of amides is 2. The quantitative estimate of drug-likeness (QED) is 0.783. The highest BCUT2D eigenvalue weighted by Gasteiger charge is 2.58. The van der Waals surface area contributed by atoms with E-state index in [1.165, 1.54) is 5.56 Å². The van der Waals surface area contributed by atoms with Crippen LogP contribution in [0, 0.1) is 11.3 Å². The fourth-order valence-corrected chi connectivity index (χ4v) is 4.69. The van der Waals surface area contributed by atoms with Gasteiger partial charge in [0.2, 0.25) is 5.91 Å². The van der Waals surface area contributed by atoms with E-state index in [1.54, 1.807) is 0 Å². The third kappa shape index (κ3) is 4.18. The first-order valence-corrected chi connectivity index (χ1v) is 10.4. The molecule has 5 nitrogen and oxygen atoms in total. The maximum Gasteiger partial charge on any atom is 0.251 e. The molecule has 2 heterocycles. The van der Waals surface area contributed by atoms with E-state index in [4.69, 9.17) is 4.74 Å². The van der Waals surface area contributed by atoms with Crippen LogP contribution in [0.2, 0.25) is 0 Å². The number of rotatable bonds is 6. The predicted molar refractivity (Wildman–Crippen MR) is 103 cm³/mol. The Balaban J connectivity index is 1.17. The van der Waals surface area contributed by atoms with Gasteiger partial charge in [-0.2, -0.15) is 0 Å². The molecule has 4 rings (SSSR count). The summed E-state index contributed by atoms with van der Waals surface area (Å²) in [5.74, 6) is 0.515. The first kappa shape index (κ1) is 18.5. The molecule has 1 spiro atoms. The van der Waals surface area contributed by atoms with Crippen LogP contribution in [0.3, 0.4) is 0 Å². The van der Waals surface area contributed by atoms with Gasteiger partial charge >= 0.3 is 0 Å². The summed E-state index contributed by atoms with van der Waals surface area (Å²) in [6.45, 7) is 3.00. The molecule has 0 radical (unpaired) electrons. The highest BCUT2D eigenvalue weighted by atomic mass is 16.5. The number of piperidine rings is 1. The number of ether oxygens (including phenoxy) is 1. The van der Waals surface area contributed by atoms with Crippen molar-refractivity contribution in [3.63, 3.8) is 0 Å². The summed E-state index contributed by atoms with van der Waals surface area (Å²) in [7, 11) is 0. The first-order chi connectivity index (χ1) is 13.2. The van der Waals surface area contributed by atoms with Crippen molar-refractivity contribution < 1.29 is 14.3 Å². The molecule has 2 atom stereocenters. The van der Waals surface area contributed by atoms with E-state index in [0.29, 0.717) is 6.61 Å². The minimum Gasteiger partial charge on any atom is -0.368 e. The lowest BCUT2D eigenvalue weighted by Gasteiger charge is -2.34. The zero-order valence-electron chi connectivity index (χ0n) is 16.0. The zero-order chi connectivity index (χ0) is 18.7. The van der Waals surface area contributed by atoms with Crippen molar-refractivity contribution in [1.29, 1.82) is 0 Å². The predicted octanol–water partition coefficient (Wildman–Crippen LogP) is 2.54. The Bertz CT molecular complexity index is 661. The van der Waals surface area contributed by atoms with Crippen LogP contribution in [0.5, 0.6) is 0 Å². The van der Waals surface area contributed by atoms with E-state index in [0.717, 1.165) is 64.6 Å². The van der Waals surface area contributed by atoms with E-state index >= 15 is 0 Å². The number of hydrogen-bond acceptors (Lipinski definition) is 3. The molecule has 2 saturated heterocycles. The lowest BCUT2D eigenvalue weighted by Crippen LogP contribution is -2.45. The van der Waals surface area contributed by atoms with Crippen molar-refractivity contribution in [2.75, 3.05) is 26.2 Å². The van der Waals surface area contributed by atoms with Crippen molar-refractivity contribution in [2.45, 2.75) is 51.0 Å². The molecule has 27 heavy (non-hydrogen) atoms. The van der Waals surface area contributed by atoms with Crippen LogP contribution < -0.4 is 5.32 Å². The van der Waals surface area contributed by atoms with E-state index in [9.17, 15) is 9.59 Å². The SMILES string of the molecule is O=C(NCCCc1ccccc1)[C@H]1CC12CCN(C(=O)[C@H]1CCCO1)CC2. The van der Waals surface area contributed by atoms with Gasteiger partial charge in [-0.15, -0.1) is 0 Å². The zero-order valence-corrected chi connectivity index (χ0v) is 16.0. The van der Waals surface area contributed by atoms with Crippen molar-refractivity contribution >= 4 is 11.8 Å². The number of benzene rings is 1. The van der Waals surface area contributed by atoms with Crippen LogP contribution in [0.1, 0.15) is 44.1 Å². The lowest BCUT2D eigenvalue weighted by atomic mass is 9.90. The number of carbonyl (C=O) groups excluding carboxylic acids is 2. The second kappa shape index (κ2) is 8.01. The number of hydrogen-bond donors (Lipinski definition) is 1. The molecule has 0 aromatic heterocycles. The van der Waals surface area contributed by atoms with Gasteiger partial charge in [-0.3, -0.25) is 9.59 Å². The minimum atomic E-state index is -0.220. The molecule has 1 aromatic rings. The Labute approximate surface area is 161 Å². The molecule has 5 heteroatoms. The smallest absolute Gasteiger partial charge is 0.251 e. The molecule has 3 aliphatic rings. The van der Waals surface area contributed by atoms with Crippen LogP contribution in [-0.2, 0) is 20.7 Å². The molecule has 2 aliphatic heterocycles. The Kier molecular flexibility index (Phi) is 5.48. The van der Waals surface area contributed by atoms with Gasteiger partial charge in [0.15, 0.2) is 0 Å². The van der Waals surface area contributed by atoms with Gasteiger partial charge in [0.05, 0.1) is 0 Å². The molecular weight excluding hydrogens is 340 g/mol. The first-order valence-electron chi connectivity index (χ1n) is 10.4. The highest BCUT2D eigenvalue weighted by molar-refractivity contribution is 5.83. The molecule has 0 bridgehead atoms. The maximum atomic E-state index is 12.5. The summed E-state index contributed by atoms with van der Waals surface area (Å²) < 4.78 is 5.53. The van der Waals surface area contributed by atoms with Gasteiger partial charge in [-0.1, -0.05) is 30.3 Å². The largest absolute Gasteiger partial charge is 0.368 e. The number of nitrogens with one attached hydrogen (secondary N) is 1. The minimum absolute atomic E-state index is 0.147. The fraction of sp³-hybridized carbons (Fsp3) is 0.636. The monoisotopic (exact) mass is 370 g/mol. The van der Waals surface area contributed by atoms with E-state index in [2.05, 4.69) is 29.6 Å². The molecule has 1 aromatic carbocycles. The standard InChI is InChI=1S/C22H30N2O3/c25-20(23-12-4-8-17-6-2-1-3-7-17)18-16-22(18)10-13-24(14-11-22)21(26)19-9-5-15-27-19/h1-3,6-7,18-19H,4-5,8-16H2,(H,23,25)/t18-,19-/m1/s1. The molecule has 146 valence electrons. The van der Waals surface area contributed by atoms with Crippen LogP contribution in [0.25, 0.3) is 0 Å². The van der Waals surface area contributed by atoms with Crippen LogP contribution in [0.4, 0.5) is 0 Å². The van der Waals surface area contributed by atoms with Crippen molar-refractivity contribution in [1.82, 2.24) is 10.2 Å². The summed E-state index contributed by atoms with van der Waals surface area (Å²) in [4.78, 5) is 26.9. The van der Waals surface area contributed by atoms with Crippen molar-refractivity contribution in [3.8, 4) is 0 Å². The summed E-state index contributed by atoms with van der Waals surface area (Å²) in [5, 5.41) is 3.13. The van der Waals surface area contributed by atoms with Crippen molar-refractivity contribution in [2.24, 2.45) is 11.3 Å². The number of nitrogens with zero attached hydrogens (tertiary/aromatic N) is 1. The summed E-state index contributed by atoms with van der Waals surface area (Å²) in [6.07, 6.45) is 6.48. The molecule has 1 N–H and O–H groups in total. The Morgan fingerprint density at radius 1 is 1.19 bits per heavy atom. The number of aryl methyl sites for hydroxylation is 1. The summed E-state index contributed by atoms with van der Waals surface area (Å²) >= 11 is 0. The Morgan fingerprint density at radius 3 is 2.67 bits per heavy atom. The Hall–Kier alpha value is -1.88. The molecule has 3 fully saturated rings. The van der Waals surface area contributed by atoms with Gasteiger partial charge < -0.3 is 15.0 Å². The van der Waals surface area contributed by atoms with E-state index in [-0.39, 0.29) is 29.3 Å². The fourth-order valence-electron chi connectivity index (χ4n) is 4.69. The van der Waals surface area contributed by atoms with Gasteiger partial charge in [-0.05, 0) is 55.9 Å². The third-order valence-electron chi connectivity index (χ3n) is 6.57. The van der Waals surface area contributed by atoms with Gasteiger partial charge in [0.25, 0.3) is 5.91 Å². The lowest BCUT2D eigenvalue weighted by molar-refractivity contribution is -0.142. The normalized spacial score (nSPS) is 26.1. The van der Waals surface area contributed by atoms with Gasteiger partial charge in [-0.25, -0.2) is 0 Å². The van der Waals surface area contributed by atoms with Crippen molar-refractivity contribution in [3.05, 3.63) is 35.9 Å².